The molecular formula is C16H16N2O2. The van der Waals surface area contributed by atoms with E-state index in [1.54, 1.807) is 6.07 Å². The summed E-state index contributed by atoms with van der Waals surface area (Å²) < 4.78 is 0. The third kappa shape index (κ3) is 2.37. The van der Waals surface area contributed by atoms with Crippen molar-refractivity contribution in [1.82, 2.24) is 4.98 Å². The topological polar surface area (TPSA) is 62.2 Å². The molecular weight excluding hydrogens is 252 g/mol. The number of benzene rings is 1. The van der Waals surface area contributed by atoms with Crippen LogP contribution in [-0.2, 0) is 12.8 Å². The van der Waals surface area contributed by atoms with Gasteiger partial charge in [0, 0.05) is 17.6 Å². The van der Waals surface area contributed by atoms with Gasteiger partial charge in [0.1, 0.15) is 5.56 Å². The maximum atomic E-state index is 11.2. The highest BCUT2D eigenvalue weighted by atomic mass is 16.4. The van der Waals surface area contributed by atoms with Gasteiger partial charge in [0.15, 0.2) is 0 Å². The largest absolute Gasteiger partial charge is 0.478 e. The smallest absolute Gasteiger partial charge is 0.339 e. The Kier molecular flexibility index (Phi) is 3.14. The molecule has 0 saturated carbocycles. The van der Waals surface area contributed by atoms with Crippen molar-refractivity contribution in [3.8, 4) is 0 Å². The number of rotatable bonds is 3. The van der Waals surface area contributed by atoms with E-state index in [0.29, 0.717) is 5.69 Å². The molecule has 2 aromatic rings. The fraction of sp³-hybridized carbons (Fsp3) is 0.250. The molecule has 0 saturated heterocycles. The van der Waals surface area contributed by atoms with Crippen molar-refractivity contribution in [2.45, 2.75) is 26.2 Å². The molecule has 0 fully saturated rings. The van der Waals surface area contributed by atoms with E-state index in [0.717, 1.165) is 24.2 Å². The summed E-state index contributed by atoms with van der Waals surface area (Å²) in [6.07, 6.45) is 4.84. The van der Waals surface area contributed by atoms with Gasteiger partial charge in [-0.1, -0.05) is 6.07 Å². The second-order valence-electron chi connectivity index (χ2n) is 5.14. The zero-order valence-corrected chi connectivity index (χ0v) is 11.3. The first-order valence-corrected chi connectivity index (χ1v) is 6.72. The third-order valence-electron chi connectivity index (χ3n) is 3.65. The summed E-state index contributed by atoms with van der Waals surface area (Å²) >= 11 is 0. The van der Waals surface area contributed by atoms with Crippen LogP contribution < -0.4 is 5.32 Å². The van der Waals surface area contributed by atoms with Gasteiger partial charge in [-0.15, -0.1) is 0 Å². The Labute approximate surface area is 117 Å². The molecule has 1 aromatic carbocycles. The number of anilines is 2. The number of hydrogen-bond donors (Lipinski definition) is 2. The standard InChI is InChI=1S/C16H16N2O2/c1-10-7-15(14(9-17-10)16(19)20)18-13-6-5-11-3-2-4-12(11)8-13/h5-9H,2-4H2,1H3,(H,17,18)(H,19,20). The molecule has 4 nitrogen and oxygen atoms in total. The minimum atomic E-state index is -0.971. The summed E-state index contributed by atoms with van der Waals surface area (Å²) in [5, 5.41) is 12.4. The lowest BCUT2D eigenvalue weighted by Crippen LogP contribution is -2.04. The molecule has 0 bridgehead atoms. The molecule has 1 aliphatic rings. The van der Waals surface area contributed by atoms with Gasteiger partial charge in [-0.25, -0.2) is 4.79 Å². The molecule has 1 aromatic heterocycles. The molecule has 4 heteroatoms. The van der Waals surface area contributed by atoms with E-state index in [-0.39, 0.29) is 5.56 Å². The van der Waals surface area contributed by atoms with E-state index in [1.807, 2.05) is 13.0 Å². The molecule has 0 unspecified atom stereocenters. The van der Waals surface area contributed by atoms with Gasteiger partial charge in [-0.2, -0.15) is 0 Å². The highest BCUT2D eigenvalue weighted by Crippen LogP contribution is 2.27. The number of hydrogen-bond acceptors (Lipinski definition) is 3. The molecule has 0 radical (unpaired) electrons. The minimum Gasteiger partial charge on any atom is -0.478 e. The molecule has 102 valence electrons. The van der Waals surface area contributed by atoms with E-state index in [4.69, 9.17) is 0 Å². The Morgan fingerprint density at radius 3 is 2.85 bits per heavy atom. The number of nitrogens with zero attached hydrogens (tertiary/aromatic N) is 1. The number of aromatic nitrogens is 1. The Hall–Kier alpha value is -2.36. The van der Waals surface area contributed by atoms with Crippen molar-refractivity contribution < 1.29 is 9.90 Å². The molecule has 3 rings (SSSR count). The molecule has 0 atom stereocenters. The third-order valence-corrected chi connectivity index (χ3v) is 3.65. The predicted molar refractivity (Wildman–Crippen MR) is 77.7 cm³/mol. The average molecular weight is 268 g/mol. The summed E-state index contributed by atoms with van der Waals surface area (Å²) in [5.74, 6) is -0.971. The average Bonchev–Trinajstić information content (AvgIpc) is 2.85. The Bertz CT molecular complexity index is 680. The lowest BCUT2D eigenvalue weighted by Gasteiger charge is -2.11. The van der Waals surface area contributed by atoms with Crippen LogP contribution in [0, 0.1) is 6.92 Å². The number of carboxylic acids is 1. The number of carboxylic acid groups (broad SMARTS) is 1. The van der Waals surface area contributed by atoms with E-state index in [2.05, 4.69) is 22.4 Å². The van der Waals surface area contributed by atoms with Crippen LogP contribution in [0.1, 0.15) is 33.6 Å². The van der Waals surface area contributed by atoms with Crippen molar-refractivity contribution in [2.75, 3.05) is 5.32 Å². The van der Waals surface area contributed by atoms with Crippen molar-refractivity contribution in [3.63, 3.8) is 0 Å². The van der Waals surface area contributed by atoms with Crippen molar-refractivity contribution in [3.05, 3.63) is 52.8 Å². The van der Waals surface area contributed by atoms with Gasteiger partial charge in [0.05, 0.1) is 5.69 Å². The molecule has 1 aliphatic carbocycles. The number of pyridine rings is 1. The second kappa shape index (κ2) is 4.96. The van der Waals surface area contributed by atoms with E-state index in [1.165, 1.54) is 23.7 Å². The van der Waals surface area contributed by atoms with Gasteiger partial charge in [-0.3, -0.25) is 4.98 Å². The highest BCUT2D eigenvalue weighted by molar-refractivity contribution is 5.94. The highest BCUT2D eigenvalue weighted by Gasteiger charge is 2.14. The first-order chi connectivity index (χ1) is 9.63. The van der Waals surface area contributed by atoms with Crippen LogP contribution in [0.3, 0.4) is 0 Å². The van der Waals surface area contributed by atoms with Gasteiger partial charge in [-0.05, 0) is 55.5 Å². The van der Waals surface area contributed by atoms with Gasteiger partial charge < -0.3 is 10.4 Å². The van der Waals surface area contributed by atoms with Crippen molar-refractivity contribution >= 4 is 17.3 Å². The van der Waals surface area contributed by atoms with E-state index < -0.39 is 5.97 Å². The fourth-order valence-corrected chi connectivity index (χ4v) is 2.64. The van der Waals surface area contributed by atoms with Crippen LogP contribution in [0.4, 0.5) is 11.4 Å². The fourth-order valence-electron chi connectivity index (χ4n) is 2.64. The van der Waals surface area contributed by atoms with Gasteiger partial charge in [0.25, 0.3) is 0 Å². The van der Waals surface area contributed by atoms with Crippen LogP contribution >= 0.6 is 0 Å². The zero-order valence-electron chi connectivity index (χ0n) is 11.3. The summed E-state index contributed by atoms with van der Waals surface area (Å²) in [6.45, 7) is 1.85. The van der Waals surface area contributed by atoms with Gasteiger partial charge in [0.2, 0.25) is 0 Å². The molecule has 0 aliphatic heterocycles. The first kappa shape index (κ1) is 12.7. The summed E-state index contributed by atoms with van der Waals surface area (Å²) in [5.41, 5.74) is 5.26. The van der Waals surface area contributed by atoms with E-state index in [9.17, 15) is 9.90 Å². The predicted octanol–water partition coefficient (Wildman–Crippen LogP) is 3.32. The summed E-state index contributed by atoms with van der Waals surface area (Å²) in [7, 11) is 0. The van der Waals surface area contributed by atoms with Crippen LogP contribution in [0.2, 0.25) is 0 Å². The molecule has 0 amide bonds. The minimum absolute atomic E-state index is 0.191. The Balaban J connectivity index is 1.95. The lowest BCUT2D eigenvalue weighted by molar-refractivity contribution is 0.0697. The Morgan fingerprint density at radius 2 is 2.05 bits per heavy atom. The molecule has 20 heavy (non-hydrogen) atoms. The van der Waals surface area contributed by atoms with Crippen molar-refractivity contribution in [2.24, 2.45) is 0 Å². The lowest BCUT2D eigenvalue weighted by atomic mass is 10.1. The Morgan fingerprint density at radius 1 is 1.25 bits per heavy atom. The molecule has 1 heterocycles. The van der Waals surface area contributed by atoms with Crippen LogP contribution in [0.15, 0.2) is 30.5 Å². The monoisotopic (exact) mass is 268 g/mol. The SMILES string of the molecule is Cc1cc(Nc2ccc3c(c2)CCC3)c(C(=O)O)cn1. The van der Waals surface area contributed by atoms with Crippen LogP contribution in [0.5, 0.6) is 0 Å². The summed E-state index contributed by atoms with van der Waals surface area (Å²) in [6, 6.07) is 8.01. The number of aryl methyl sites for hydroxylation is 3. The molecule has 2 N–H and O–H groups in total. The number of fused-ring (bicyclic) bond motifs is 1. The van der Waals surface area contributed by atoms with E-state index >= 15 is 0 Å². The normalized spacial score (nSPS) is 13.1. The van der Waals surface area contributed by atoms with Gasteiger partial charge >= 0.3 is 5.97 Å². The van der Waals surface area contributed by atoms with Crippen LogP contribution in [0.25, 0.3) is 0 Å². The first-order valence-electron chi connectivity index (χ1n) is 6.72. The van der Waals surface area contributed by atoms with Crippen molar-refractivity contribution in [1.29, 1.82) is 0 Å². The summed E-state index contributed by atoms with van der Waals surface area (Å²) in [4.78, 5) is 15.3. The zero-order chi connectivity index (χ0) is 14.1. The quantitative estimate of drug-likeness (QED) is 0.896. The molecule has 0 spiro atoms. The number of nitrogens with one attached hydrogen (secondary N) is 1. The maximum Gasteiger partial charge on any atom is 0.339 e. The number of aromatic carboxylic acids is 1. The van der Waals surface area contributed by atoms with Crippen LogP contribution in [-0.4, -0.2) is 16.1 Å². The number of carbonyl (C=O) groups is 1. The maximum absolute atomic E-state index is 11.2. The second-order valence-corrected chi connectivity index (χ2v) is 5.14.